The smallest absolute Gasteiger partial charge is 0.407 e. The number of nitrogens with zero attached hydrogens (tertiary/aromatic N) is 1. The standard InChI is InChI=1S/C13H13NO4/c15-12(11-4-2-1-3-5-11)18-9-10-6-7-14(8-10)13(16)17/h1-5,9H,6-8H2,(H,16,17). The molecule has 5 nitrogen and oxygen atoms in total. The Balaban J connectivity index is 1.92. The van der Waals surface area contributed by atoms with Crippen LogP contribution in [0.25, 0.3) is 0 Å². The fourth-order valence-electron chi connectivity index (χ4n) is 1.72. The predicted molar refractivity (Wildman–Crippen MR) is 64.2 cm³/mol. The summed E-state index contributed by atoms with van der Waals surface area (Å²) in [6.45, 7) is 0.751. The third-order valence-electron chi connectivity index (χ3n) is 2.71. The van der Waals surface area contributed by atoms with Crippen molar-refractivity contribution in [2.45, 2.75) is 6.42 Å². The molecule has 18 heavy (non-hydrogen) atoms. The van der Waals surface area contributed by atoms with Crippen LogP contribution in [0.15, 0.2) is 42.2 Å². The zero-order valence-corrected chi connectivity index (χ0v) is 9.70. The van der Waals surface area contributed by atoms with Crippen molar-refractivity contribution < 1.29 is 19.4 Å². The fraction of sp³-hybridized carbons (Fsp3) is 0.231. The average Bonchev–Trinajstić information content (AvgIpc) is 2.86. The van der Waals surface area contributed by atoms with Gasteiger partial charge in [0.05, 0.1) is 11.8 Å². The quantitative estimate of drug-likeness (QED) is 0.642. The maximum Gasteiger partial charge on any atom is 0.407 e. The van der Waals surface area contributed by atoms with Gasteiger partial charge in [0.15, 0.2) is 0 Å². The van der Waals surface area contributed by atoms with E-state index in [0.29, 0.717) is 25.1 Å². The normalized spacial score (nSPS) is 16.9. The number of rotatable bonds is 2. The Morgan fingerprint density at radius 3 is 2.61 bits per heavy atom. The van der Waals surface area contributed by atoms with Gasteiger partial charge in [0.25, 0.3) is 0 Å². The van der Waals surface area contributed by atoms with E-state index < -0.39 is 12.1 Å². The Morgan fingerprint density at radius 1 is 1.28 bits per heavy atom. The second-order valence-electron chi connectivity index (χ2n) is 4.00. The molecular weight excluding hydrogens is 234 g/mol. The van der Waals surface area contributed by atoms with Crippen molar-refractivity contribution >= 4 is 12.1 Å². The summed E-state index contributed by atoms with van der Waals surface area (Å²) in [5.41, 5.74) is 1.28. The van der Waals surface area contributed by atoms with Gasteiger partial charge in [-0.1, -0.05) is 18.2 Å². The van der Waals surface area contributed by atoms with Crippen LogP contribution in [-0.2, 0) is 4.74 Å². The zero-order chi connectivity index (χ0) is 13.0. The molecule has 0 spiro atoms. The van der Waals surface area contributed by atoms with E-state index in [2.05, 4.69) is 0 Å². The highest BCUT2D eigenvalue weighted by atomic mass is 16.5. The van der Waals surface area contributed by atoms with Gasteiger partial charge in [-0.2, -0.15) is 0 Å². The second-order valence-corrected chi connectivity index (χ2v) is 4.00. The summed E-state index contributed by atoms with van der Waals surface area (Å²) in [7, 11) is 0. The van der Waals surface area contributed by atoms with Gasteiger partial charge < -0.3 is 14.7 Å². The number of carboxylic acid groups (broad SMARTS) is 1. The van der Waals surface area contributed by atoms with Gasteiger partial charge in [-0.15, -0.1) is 0 Å². The summed E-state index contributed by atoms with van der Waals surface area (Å²) >= 11 is 0. The lowest BCUT2D eigenvalue weighted by molar-refractivity contribution is 0.0660. The van der Waals surface area contributed by atoms with E-state index in [1.807, 2.05) is 6.07 Å². The molecule has 1 N–H and O–H groups in total. The maximum absolute atomic E-state index is 11.6. The Labute approximate surface area is 104 Å². The summed E-state index contributed by atoms with van der Waals surface area (Å²) in [4.78, 5) is 23.6. The van der Waals surface area contributed by atoms with E-state index in [1.54, 1.807) is 24.3 Å². The second kappa shape index (κ2) is 5.35. The summed E-state index contributed by atoms with van der Waals surface area (Å²) in [5, 5.41) is 8.78. The Morgan fingerprint density at radius 2 is 2.00 bits per heavy atom. The molecule has 1 heterocycles. The van der Waals surface area contributed by atoms with E-state index in [-0.39, 0.29) is 0 Å². The van der Waals surface area contributed by atoms with Gasteiger partial charge in [0, 0.05) is 13.1 Å². The van der Waals surface area contributed by atoms with Crippen LogP contribution in [0.4, 0.5) is 4.79 Å². The molecule has 2 rings (SSSR count). The minimum Gasteiger partial charge on any atom is -0.465 e. The summed E-state index contributed by atoms with van der Waals surface area (Å²) in [6.07, 6.45) is 1.01. The average molecular weight is 247 g/mol. The lowest BCUT2D eigenvalue weighted by Crippen LogP contribution is -2.25. The van der Waals surface area contributed by atoms with E-state index in [4.69, 9.17) is 9.84 Å². The number of amides is 1. The molecule has 94 valence electrons. The first-order valence-corrected chi connectivity index (χ1v) is 5.58. The number of hydrogen-bond acceptors (Lipinski definition) is 3. The molecular formula is C13H13NO4. The molecule has 5 heteroatoms. The minimum atomic E-state index is -0.951. The third-order valence-corrected chi connectivity index (χ3v) is 2.71. The van der Waals surface area contributed by atoms with Crippen molar-refractivity contribution in [3.8, 4) is 0 Å². The number of benzene rings is 1. The van der Waals surface area contributed by atoms with Crippen LogP contribution in [0, 0.1) is 0 Å². The number of ether oxygens (including phenoxy) is 1. The molecule has 1 aliphatic heterocycles. The molecule has 1 fully saturated rings. The molecule has 1 aromatic carbocycles. The Bertz CT molecular complexity index is 481. The van der Waals surface area contributed by atoms with Crippen molar-refractivity contribution in [1.82, 2.24) is 4.90 Å². The number of hydrogen-bond donors (Lipinski definition) is 1. The van der Waals surface area contributed by atoms with Crippen LogP contribution in [0.5, 0.6) is 0 Å². The Hall–Kier alpha value is -2.30. The van der Waals surface area contributed by atoms with Crippen LogP contribution in [0.1, 0.15) is 16.8 Å². The first kappa shape index (κ1) is 12.2. The number of carbonyl (C=O) groups excluding carboxylic acids is 1. The van der Waals surface area contributed by atoms with Gasteiger partial charge in [0.2, 0.25) is 0 Å². The number of carbonyl (C=O) groups is 2. The molecule has 1 aliphatic rings. The molecule has 0 radical (unpaired) electrons. The van der Waals surface area contributed by atoms with Gasteiger partial charge in [-0.25, -0.2) is 9.59 Å². The first-order valence-electron chi connectivity index (χ1n) is 5.58. The van der Waals surface area contributed by atoms with Crippen molar-refractivity contribution in [3.05, 3.63) is 47.7 Å². The molecule has 0 atom stereocenters. The van der Waals surface area contributed by atoms with Crippen molar-refractivity contribution in [2.24, 2.45) is 0 Å². The van der Waals surface area contributed by atoms with Crippen LogP contribution in [0.3, 0.4) is 0 Å². The first-order chi connectivity index (χ1) is 8.66. The van der Waals surface area contributed by atoms with Crippen LogP contribution in [0.2, 0.25) is 0 Å². The molecule has 0 saturated carbocycles. The largest absolute Gasteiger partial charge is 0.465 e. The molecule has 0 unspecified atom stereocenters. The molecule has 0 aromatic heterocycles. The van der Waals surface area contributed by atoms with Crippen molar-refractivity contribution in [3.63, 3.8) is 0 Å². The predicted octanol–water partition coefficient (Wildman–Crippen LogP) is 2.11. The number of likely N-dealkylation sites (tertiary alicyclic amines) is 1. The van der Waals surface area contributed by atoms with E-state index in [0.717, 1.165) is 5.57 Å². The van der Waals surface area contributed by atoms with Crippen LogP contribution in [-0.4, -0.2) is 35.2 Å². The highest BCUT2D eigenvalue weighted by Crippen LogP contribution is 2.15. The van der Waals surface area contributed by atoms with Crippen LogP contribution < -0.4 is 0 Å². The van der Waals surface area contributed by atoms with Crippen molar-refractivity contribution in [2.75, 3.05) is 13.1 Å². The van der Waals surface area contributed by atoms with Gasteiger partial charge in [-0.05, 0) is 24.1 Å². The molecule has 1 aromatic rings. The fourth-order valence-corrected chi connectivity index (χ4v) is 1.72. The molecule has 1 amide bonds. The maximum atomic E-state index is 11.6. The highest BCUT2D eigenvalue weighted by molar-refractivity contribution is 5.89. The Kier molecular flexibility index (Phi) is 3.62. The molecule has 0 bridgehead atoms. The van der Waals surface area contributed by atoms with Crippen LogP contribution >= 0.6 is 0 Å². The lowest BCUT2D eigenvalue weighted by atomic mass is 10.2. The van der Waals surface area contributed by atoms with Gasteiger partial charge in [-0.3, -0.25) is 0 Å². The van der Waals surface area contributed by atoms with E-state index in [9.17, 15) is 9.59 Å². The lowest BCUT2D eigenvalue weighted by Gasteiger charge is -2.08. The van der Waals surface area contributed by atoms with E-state index >= 15 is 0 Å². The third kappa shape index (κ3) is 2.88. The zero-order valence-electron chi connectivity index (χ0n) is 9.70. The molecule has 0 aliphatic carbocycles. The topological polar surface area (TPSA) is 66.8 Å². The molecule has 1 saturated heterocycles. The summed E-state index contributed by atoms with van der Waals surface area (Å²) in [5.74, 6) is -0.433. The van der Waals surface area contributed by atoms with E-state index in [1.165, 1.54) is 11.2 Å². The summed E-state index contributed by atoms with van der Waals surface area (Å²) in [6, 6.07) is 8.66. The highest BCUT2D eigenvalue weighted by Gasteiger charge is 2.21. The van der Waals surface area contributed by atoms with Crippen molar-refractivity contribution in [1.29, 1.82) is 0 Å². The monoisotopic (exact) mass is 247 g/mol. The van der Waals surface area contributed by atoms with Gasteiger partial charge in [0.1, 0.15) is 0 Å². The summed E-state index contributed by atoms with van der Waals surface area (Å²) < 4.78 is 5.02. The number of esters is 1. The van der Waals surface area contributed by atoms with Gasteiger partial charge >= 0.3 is 12.1 Å². The SMILES string of the molecule is O=C(OC=C1CCN(C(=O)O)C1)c1ccccc1. The minimum absolute atomic E-state index is 0.303.